The van der Waals surface area contributed by atoms with E-state index in [-0.39, 0.29) is 84.3 Å². The summed E-state index contributed by atoms with van der Waals surface area (Å²) in [4.78, 5) is 91.2. The van der Waals surface area contributed by atoms with Gasteiger partial charge in [-0.25, -0.2) is 23.7 Å². The van der Waals surface area contributed by atoms with Crippen molar-refractivity contribution in [1.29, 1.82) is 0 Å². The highest BCUT2D eigenvalue weighted by Gasteiger charge is 2.45. The second kappa shape index (κ2) is 26.6. The molecule has 4 N–H and O–H groups in total. The standard InChI is InChI=1S/C60H74F5N11O6S/c1-36-32-75(33-37(2)72(36)7)49-28-47(62)45(27-48(49)70-55(80)44-20-19-42(61)25-46(44)60(63,64)65)41-30-67-58(68-31-41)74-23-21-73(22-24-74)52(79)14-12-10-8-9-11-13-51(78)71-54(59(4,5)6)57(82)76-34-43(77)26-50(76)56(81)66-29-39-15-17-40(18-16-39)53-38(3)69-35-83-53/h15-20,25,27-28,30-31,35-37,43,50,54,77H,8-14,21-24,26,29,32-34H2,1-7H3,(H,66,81)(H,70,80)(H,71,78)/t36-,37+,43-,50+,54-/m1/s1. The van der Waals surface area contributed by atoms with Crippen molar-refractivity contribution in [1.82, 2.24) is 40.3 Å². The summed E-state index contributed by atoms with van der Waals surface area (Å²) in [6.07, 6.45) is 1.18. The molecule has 0 radical (unpaired) electrons. The molecule has 2 aromatic heterocycles. The van der Waals surface area contributed by atoms with Gasteiger partial charge in [-0.2, -0.15) is 13.2 Å². The van der Waals surface area contributed by atoms with E-state index in [9.17, 15) is 46.6 Å². The van der Waals surface area contributed by atoms with E-state index in [0.717, 1.165) is 53.1 Å². The summed E-state index contributed by atoms with van der Waals surface area (Å²) >= 11 is 1.56. The lowest BCUT2D eigenvalue weighted by Crippen LogP contribution is -2.57. The molecular weight excluding hydrogens is 1100 g/mol. The van der Waals surface area contributed by atoms with Crippen LogP contribution in [0.2, 0.25) is 0 Å². The maximum Gasteiger partial charge on any atom is 0.417 e. The molecule has 3 aliphatic heterocycles. The fourth-order valence-electron chi connectivity index (χ4n) is 10.9. The van der Waals surface area contributed by atoms with Crippen LogP contribution >= 0.6 is 11.3 Å². The van der Waals surface area contributed by atoms with E-state index in [1.165, 1.54) is 29.4 Å². The van der Waals surface area contributed by atoms with Crippen molar-refractivity contribution in [3.63, 3.8) is 0 Å². The summed E-state index contributed by atoms with van der Waals surface area (Å²) in [6.45, 7) is 14.3. The number of likely N-dealkylation sites (N-methyl/N-ethyl adjacent to an activating group) is 1. The van der Waals surface area contributed by atoms with E-state index in [4.69, 9.17) is 0 Å². The number of carbonyl (C=O) groups excluding carboxylic acids is 5. The fraction of sp³-hybridized carbons (Fsp3) is 0.500. The molecule has 5 aromatic rings. The molecule has 3 saturated heterocycles. The molecule has 8 rings (SSSR count). The number of nitrogens with zero attached hydrogens (tertiary/aromatic N) is 8. The number of hydrogen-bond acceptors (Lipinski definition) is 13. The van der Waals surface area contributed by atoms with Gasteiger partial charge < -0.3 is 40.7 Å². The molecule has 17 nitrogen and oxygen atoms in total. The molecule has 3 aromatic carbocycles. The van der Waals surface area contributed by atoms with Crippen LogP contribution in [0.15, 0.2) is 72.5 Å². The van der Waals surface area contributed by atoms with Crippen molar-refractivity contribution in [2.24, 2.45) is 5.41 Å². The minimum absolute atomic E-state index is 0.00376. The van der Waals surface area contributed by atoms with Gasteiger partial charge >= 0.3 is 6.18 Å². The number of hydrogen-bond donors (Lipinski definition) is 4. The lowest BCUT2D eigenvalue weighted by atomic mass is 9.85. The largest absolute Gasteiger partial charge is 0.417 e. The maximum absolute atomic E-state index is 16.2. The van der Waals surface area contributed by atoms with Crippen LogP contribution in [-0.4, -0.2) is 147 Å². The minimum Gasteiger partial charge on any atom is -0.391 e. The van der Waals surface area contributed by atoms with Crippen LogP contribution in [0.25, 0.3) is 21.6 Å². The van der Waals surface area contributed by atoms with Crippen molar-refractivity contribution < 1.29 is 51.0 Å². The first-order valence-corrected chi connectivity index (χ1v) is 29.1. The average molecular weight is 1170 g/mol. The first kappa shape index (κ1) is 61.9. The van der Waals surface area contributed by atoms with Gasteiger partial charge in [-0.05, 0) is 87.5 Å². The monoisotopic (exact) mass is 1170 g/mol. The summed E-state index contributed by atoms with van der Waals surface area (Å²) in [7, 11) is 1.96. The number of aliphatic hydroxyl groups is 1. The number of anilines is 3. The molecule has 5 atom stereocenters. The minimum atomic E-state index is -5.02. The van der Waals surface area contributed by atoms with Crippen LogP contribution in [-0.2, 0) is 31.9 Å². The number of halogens is 5. The molecule has 5 heterocycles. The number of carbonyl (C=O) groups is 5. The molecule has 23 heteroatoms. The number of aryl methyl sites for hydroxylation is 1. The zero-order valence-electron chi connectivity index (χ0n) is 48.0. The summed E-state index contributed by atoms with van der Waals surface area (Å²) in [5.74, 6) is -3.68. The van der Waals surface area contributed by atoms with E-state index in [1.807, 2.05) is 82.7 Å². The SMILES string of the molecule is Cc1ncsc1-c1ccc(CNC(=O)[C@@H]2C[C@@H](O)CN2C(=O)[C@@H](NC(=O)CCCCCCCC(=O)N2CCN(c3ncc(-c4cc(NC(=O)c5ccc(F)cc5C(F)(F)F)c(N5C[C@@H](C)N(C)[C@@H](C)C5)cc4F)cn3)CC2)C(C)(C)C)cc1. The van der Waals surface area contributed by atoms with Crippen molar-refractivity contribution in [3.05, 3.63) is 107 Å². The van der Waals surface area contributed by atoms with Crippen LogP contribution in [0.5, 0.6) is 0 Å². The number of likely N-dealkylation sites (tertiary alicyclic amines) is 1. The number of aromatic nitrogens is 3. The highest BCUT2D eigenvalue weighted by Crippen LogP contribution is 2.38. The second-order valence-electron chi connectivity index (χ2n) is 23.1. The molecule has 0 aliphatic carbocycles. The average Bonchev–Trinajstić information content (AvgIpc) is 4.22. The first-order valence-electron chi connectivity index (χ1n) is 28.2. The molecule has 0 unspecified atom stereocenters. The highest BCUT2D eigenvalue weighted by molar-refractivity contribution is 7.13. The Balaban J connectivity index is 0.773. The number of benzene rings is 3. The number of thiazole rings is 1. The van der Waals surface area contributed by atoms with Crippen LogP contribution in [0, 0.1) is 24.0 Å². The van der Waals surface area contributed by atoms with Crippen molar-refractivity contribution >= 4 is 58.2 Å². The Morgan fingerprint density at radius 2 is 1.45 bits per heavy atom. The fourth-order valence-corrected chi connectivity index (χ4v) is 11.7. The quantitative estimate of drug-likeness (QED) is 0.0454. The van der Waals surface area contributed by atoms with Crippen LogP contribution in [0.4, 0.5) is 39.3 Å². The number of aliphatic hydroxyl groups excluding tert-OH is 1. The Labute approximate surface area is 485 Å². The molecule has 0 saturated carbocycles. The molecule has 0 spiro atoms. The van der Waals surface area contributed by atoms with E-state index < -0.39 is 64.4 Å². The van der Waals surface area contributed by atoms with Gasteiger partial charge in [0.05, 0.1) is 44.7 Å². The smallest absolute Gasteiger partial charge is 0.391 e. The molecule has 3 aliphatic rings. The number of rotatable bonds is 19. The van der Waals surface area contributed by atoms with Crippen LogP contribution < -0.4 is 25.8 Å². The predicted octanol–water partition coefficient (Wildman–Crippen LogP) is 8.84. The molecule has 0 bridgehead atoms. The van der Waals surface area contributed by atoms with Gasteiger partial charge in [-0.15, -0.1) is 11.3 Å². The third-order valence-electron chi connectivity index (χ3n) is 15.9. The molecule has 3 fully saturated rings. The second-order valence-corrected chi connectivity index (χ2v) is 24.0. The zero-order valence-corrected chi connectivity index (χ0v) is 48.8. The van der Waals surface area contributed by atoms with Gasteiger partial charge in [0.25, 0.3) is 5.91 Å². The van der Waals surface area contributed by atoms with E-state index in [2.05, 4.69) is 35.8 Å². The van der Waals surface area contributed by atoms with Crippen LogP contribution in [0.1, 0.15) is 113 Å². The van der Waals surface area contributed by atoms with Crippen molar-refractivity contribution in [3.8, 4) is 21.6 Å². The zero-order chi connectivity index (χ0) is 59.9. The molecular formula is C60H74F5N11O6S. The van der Waals surface area contributed by atoms with E-state index in [1.54, 1.807) is 21.7 Å². The van der Waals surface area contributed by atoms with Gasteiger partial charge in [0, 0.05) is 107 Å². The lowest BCUT2D eigenvalue weighted by Gasteiger charge is -2.44. The number of β-amino-alcohol motifs (C(OH)–C–C–N with tert-alkyl or cyclic N) is 1. The van der Waals surface area contributed by atoms with Gasteiger partial charge in [-0.1, -0.05) is 64.3 Å². The lowest BCUT2D eigenvalue weighted by molar-refractivity contribution is -0.144. The molecule has 446 valence electrons. The summed E-state index contributed by atoms with van der Waals surface area (Å²) in [6, 6.07) is 10.4. The molecule has 5 amide bonds. The van der Waals surface area contributed by atoms with Gasteiger partial charge in [-0.3, -0.25) is 28.9 Å². The Bertz CT molecular complexity index is 3100. The topological polar surface area (TPSA) is 197 Å². The van der Waals surface area contributed by atoms with Gasteiger partial charge in [0.1, 0.15) is 23.7 Å². The van der Waals surface area contributed by atoms with Crippen molar-refractivity contribution in [2.45, 2.75) is 136 Å². The van der Waals surface area contributed by atoms with Crippen LogP contribution in [0.3, 0.4) is 0 Å². The van der Waals surface area contributed by atoms with Gasteiger partial charge in [0.2, 0.25) is 29.6 Å². The van der Waals surface area contributed by atoms with E-state index >= 15 is 4.39 Å². The number of amides is 5. The highest BCUT2D eigenvalue weighted by atomic mass is 32.1. The Hall–Kier alpha value is -7.11. The van der Waals surface area contributed by atoms with Crippen molar-refractivity contribution in [2.75, 3.05) is 68.0 Å². The maximum atomic E-state index is 16.2. The number of piperazine rings is 2. The third kappa shape index (κ3) is 15.4. The number of unbranched alkanes of at least 4 members (excludes halogenated alkanes) is 4. The van der Waals surface area contributed by atoms with E-state index in [0.29, 0.717) is 64.5 Å². The van der Waals surface area contributed by atoms with Gasteiger partial charge in [0.15, 0.2) is 0 Å². The number of alkyl halides is 3. The summed E-state index contributed by atoms with van der Waals surface area (Å²) < 4.78 is 72.1. The molecule has 83 heavy (non-hydrogen) atoms. The summed E-state index contributed by atoms with van der Waals surface area (Å²) in [5.41, 5.74) is 2.31. The summed E-state index contributed by atoms with van der Waals surface area (Å²) in [5, 5.41) is 19.0. The third-order valence-corrected chi connectivity index (χ3v) is 16.9. The Morgan fingerprint density at radius 3 is 2.07 bits per heavy atom. The first-order chi connectivity index (χ1) is 39.4. The Morgan fingerprint density at radius 1 is 0.795 bits per heavy atom. The Kier molecular flexibility index (Phi) is 19.9. The normalized spacial score (nSPS) is 19.2. The number of nitrogens with one attached hydrogen (secondary N) is 3. The predicted molar refractivity (Wildman–Crippen MR) is 308 cm³/mol.